The van der Waals surface area contributed by atoms with E-state index < -0.39 is 23.6 Å². The molecule has 1 aliphatic rings. The Bertz CT molecular complexity index is 853. The minimum Gasteiger partial charge on any atom is -0.310 e. The number of nitrogens with one attached hydrogen (secondary N) is 1. The zero-order chi connectivity index (χ0) is 17.6. The standard InChI is InChI=1S/C16H14F3N3O2/c1-8-10(4-3-5-12(8)16(17,18)19)6-11-9(2)21-22-14(24)7-13(23)20-15(11)22/h3-5H,6-7H2,1-2H3,(H,20,23). The summed E-state index contributed by atoms with van der Waals surface area (Å²) >= 11 is 0. The summed E-state index contributed by atoms with van der Waals surface area (Å²) in [4.78, 5) is 23.4. The number of carbonyl (C=O) groups is 2. The number of amides is 1. The molecule has 0 saturated heterocycles. The minimum absolute atomic E-state index is 0.123. The van der Waals surface area contributed by atoms with Gasteiger partial charge in [0.1, 0.15) is 12.2 Å². The molecule has 126 valence electrons. The highest BCUT2D eigenvalue weighted by Crippen LogP contribution is 2.34. The van der Waals surface area contributed by atoms with E-state index in [9.17, 15) is 22.8 Å². The van der Waals surface area contributed by atoms with Crippen LogP contribution in [0.2, 0.25) is 0 Å². The van der Waals surface area contributed by atoms with Crippen molar-refractivity contribution in [3.63, 3.8) is 0 Å². The maximum atomic E-state index is 13.0. The third kappa shape index (κ3) is 2.68. The van der Waals surface area contributed by atoms with Gasteiger partial charge in [-0.15, -0.1) is 0 Å². The number of halogens is 3. The fraction of sp³-hybridized carbons (Fsp3) is 0.312. The Morgan fingerprint density at radius 3 is 2.62 bits per heavy atom. The first-order valence-corrected chi connectivity index (χ1v) is 7.25. The summed E-state index contributed by atoms with van der Waals surface area (Å²) in [7, 11) is 0. The van der Waals surface area contributed by atoms with Crippen molar-refractivity contribution < 1.29 is 22.8 Å². The summed E-state index contributed by atoms with van der Waals surface area (Å²) in [6.45, 7) is 3.07. The van der Waals surface area contributed by atoms with Crippen LogP contribution in [0.5, 0.6) is 0 Å². The van der Waals surface area contributed by atoms with E-state index in [0.29, 0.717) is 16.8 Å². The Morgan fingerprint density at radius 2 is 1.96 bits per heavy atom. The van der Waals surface area contributed by atoms with E-state index in [2.05, 4.69) is 10.4 Å². The van der Waals surface area contributed by atoms with Crippen molar-refractivity contribution in [1.82, 2.24) is 9.78 Å². The molecule has 1 aliphatic heterocycles. The predicted molar refractivity (Wildman–Crippen MR) is 79.8 cm³/mol. The zero-order valence-electron chi connectivity index (χ0n) is 13.0. The van der Waals surface area contributed by atoms with Gasteiger partial charge in [0.25, 0.3) is 5.91 Å². The number of hydrogen-bond acceptors (Lipinski definition) is 3. The molecule has 24 heavy (non-hydrogen) atoms. The van der Waals surface area contributed by atoms with E-state index in [1.54, 1.807) is 13.0 Å². The third-order valence-electron chi connectivity index (χ3n) is 4.11. The third-order valence-corrected chi connectivity index (χ3v) is 4.11. The van der Waals surface area contributed by atoms with Crippen LogP contribution in [0.4, 0.5) is 19.0 Å². The molecule has 0 radical (unpaired) electrons. The molecule has 0 unspecified atom stereocenters. The van der Waals surface area contributed by atoms with E-state index in [1.807, 2.05) is 0 Å². The van der Waals surface area contributed by atoms with Crippen LogP contribution >= 0.6 is 0 Å². The van der Waals surface area contributed by atoms with Crippen LogP contribution < -0.4 is 5.32 Å². The number of benzene rings is 1. The van der Waals surface area contributed by atoms with Crippen molar-refractivity contribution in [2.75, 3.05) is 5.32 Å². The fourth-order valence-corrected chi connectivity index (χ4v) is 2.84. The van der Waals surface area contributed by atoms with Gasteiger partial charge in [0, 0.05) is 12.0 Å². The second kappa shape index (κ2) is 5.47. The fourth-order valence-electron chi connectivity index (χ4n) is 2.84. The van der Waals surface area contributed by atoms with Crippen molar-refractivity contribution in [3.8, 4) is 0 Å². The minimum atomic E-state index is -4.43. The maximum Gasteiger partial charge on any atom is 0.416 e. The second-order valence-corrected chi connectivity index (χ2v) is 5.71. The molecule has 2 aromatic rings. The summed E-state index contributed by atoms with van der Waals surface area (Å²) in [6.07, 6.45) is -4.58. The first-order chi connectivity index (χ1) is 11.2. The number of aromatic nitrogens is 2. The van der Waals surface area contributed by atoms with E-state index in [-0.39, 0.29) is 24.2 Å². The van der Waals surface area contributed by atoms with E-state index >= 15 is 0 Å². The van der Waals surface area contributed by atoms with Crippen LogP contribution in [-0.4, -0.2) is 21.6 Å². The lowest BCUT2D eigenvalue weighted by atomic mass is 9.96. The van der Waals surface area contributed by atoms with Crippen LogP contribution in [0.15, 0.2) is 18.2 Å². The lowest BCUT2D eigenvalue weighted by Gasteiger charge is -2.16. The topological polar surface area (TPSA) is 64.0 Å². The Balaban J connectivity index is 2.05. The molecule has 0 saturated carbocycles. The molecule has 3 rings (SSSR count). The largest absolute Gasteiger partial charge is 0.416 e. The summed E-state index contributed by atoms with van der Waals surface area (Å²) in [5.74, 6) is -0.663. The van der Waals surface area contributed by atoms with E-state index in [4.69, 9.17) is 0 Å². The Kier molecular flexibility index (Phi) is 3.70. The normalized spacial score (nSPS) is 14.5. The quantitative estimate of drug-likeness (QED) is 0.857. The molecule has 0 atom stereocenters. The first-order valence-electron chi connectivity index (χ1n) is 7.25. The number of rotatable bonds is 2. The Labute approximate surface area is 135 Å². The zero-order valence-corrected chi connectivity index (χ0v) is 13.0. The first kappa shape index (κ1) is 16.2. The molecule has 5 nitrogen and oxygen atoms in total. The molecule has 0 aliphatic carbocycles. The molecular formula is C16H14F3N3O2. The number of fused-ring (bicyclic) bond motifs is 1. The van der Waals surface area contributed by atoms with Crippen LogP contribution in [0.25, 0.3) is 0 Å². The number of alkyl halides is 3. The second-order valence-electron chi connectivity index (χ2n) is 5.71. The molecule has 2 heterocycles. The average molecular weight is 337 g/mol. The van der Waals surface area contributed by atoms with Gasteiger partial charge in [0.05, 0.1) is 11.3 Å². The van der Waals surface area contributed by atoms with Crippen LogP contribution in [0.3, 0.4) is 0 Å². The van der Waals surface area contributed by atoms with Crippen molar-refractivity contribution in [2.45, 2.75) is 32.9 Å². The van der Waals surface area contributed by atoms with Crippen LogP contribution in [0, 0.1) is 13.8 Å². The van der Waals surface area contributed by atoms with Crippen LogP contribution in [-0.2, 0) is 17.4 Å². The molecule has 0 spiro atoms. The van der Waals surface area contributed by atoms with Gasteiger partial charge < -0.3 is 5.32 Å². The average Bonchev–Trinajstić information content (AvgIpc) is 2.77. The van der Waals surface area contributed by atoms with Crippen molar-refractivity contribution in [2.24, 2.45) is 0 Å². The number of nitrogens with zero attached hydrogens (tertiary/aromatic N) is 2. The molecule has 0 bridgehead atoms. The molecule has 1 amide bonds. The van der Waals surface area contributed by atoms with E-state index in [0.717, 1.165) is 10.7 Å². The summed E-state index contributed by atoms with van der Waals surface area (Å²) in [6, 6.07) is 3.98. The molecule has 1 N–H and O–H groups in total. The van der Waals surface area contributed by atoms with Gasteiger partial charge in [-0.1, -0.05) is 12.1 Å². The smallest absolute Gasteiger partial charge is 0.310 e. The van der Waals surface area contributed by atoms with Gasteiger partial charge in [0.15, 0.2) is 0 Å². The van der Waals surface area contributed by atoms with Gasteiger partial charge >= 0.3 is 6.18 Å². The number of hydrogen-bond donors (Lipinski definition) is 1. The lowest BCUT2D eigenvalue weighted by Crippen LogP contribution is -2.30. The van der Waals surface area contributed by atoms with Crippen molar-refractivity contribution in [1.29, 1.82) is 0 Å². The maximum absolute atomic E-state index is 13.0. The van der Waals surface area contributed by atoms with Gasteiger partial charge in [-0.05, 0) is 31.0 Å². The number of carbonyl (C=O) groups excluding carboxylic acids is 2. The summed E-state index contributed by atoms with van der Waals surface area (Å²) < 4.78 is 40.2. The van der Waals surface area contributed by atoms with Gasteiger partial charge in [-0.3, -0.25) is 9.59 Å². The van der Waals surface area contributed by atoms with Gasteiger partial charge in [-0.25, -0.2) is 0 Å². The highest BCUT2D eigenvalue weighted by molar-refractivity contribution is 6.09. The van der Waals surface area contributed by atoms with Crippen molar-refractivity contribution in [3.05, 3.63) is 46.1 Å². The van der Waals surface area contributed by atoms with Gasteiger partial charge in [0.2, 0.25) is 5.91 Å². The molecular weight excluding hydrogens is 323 g/mol. The molecule has 1 aromatic heterocycles. The summed E-state index contributed by atoms with van der Waals surface area (Å²) in [5, 5.41) is 6.68. The Morgan fingerprint density at radius 1 is 1.25 bits per heavy atom. The lowest BCUT2D eigenvalue weighted by molar-refractivity contribution is -0.138. The Hall–Kier alpha value is -2.64. The van der Waals surface area contributed by atoms with Crippen molar-refractivity contribution >= 4 is 17.6 Å². The van der Waals surface area contributed by atoms with Gasteiger partial charge in [-0.2, -0.15) is 23.0 Å². The highest BCUT2D eigenvalue weighted by atomic mass is 19.4. The molecule has 8 heteroatoms. The van der Waals surface area contributed by atoms with E-state index in [1.165, 1.54) is 13.0 Å². The molecule has 0 fully saturated rings. The number of anilines is 1. The summed E-state index contributed by atoms with van der Waals surface area (Å²) in [5.41, 5.74) is 0.934. The number of aryl methyl sites for hydroxylation is 1. The SMILES string of the molecule is Cc1nn2c(c1Cc1cccc(C(F)(F)F)c1C)NC(=O)CC2=O. The molecule has 1 aromatic carbocycles. The monoisotopic (exact) mass is 337 g/mol. The highest BCUT2D eigenvalue weighted by Gasteiger charge is 2.33. The van der Waals surface area contributed by atoms with Crippen LogP contribution in [0.1, 0.15) is 39.2 Å². The predicted octanol–water partition coefficient (Wildman–Crippen LogP) is 3.09.